The number of benzene rings is 6. The first kappa shape index (κ1) is 22.1. The Labute approximate surface area is 248 Å². The van der Waals surface area contributed by atoms with Gasteiger partial charge in [-0.1, -0.05) is 72.8 Å². The minimum absolute atomic E-state index is 0.915. The van der Waals surface area contributed by atoms with E-state index in [0.29, 0.717) is 0 Å². The van der Waals surface area contributed by atoms with Gasteiger partial charge in [0.2, 0.25) is 0 Å². The summed E-state index contributed by atoms with van der Waals surface area (Å²) in [6.07, 6.45) is 0. The lowest BCUT2D eigenvalue weighted by Crippen LogP contribution is -1.93. The summed E-state index contributed by atoms with van der Waals surface area (Å²) in [5, 5.41) is 8.74. The van der Waals surface area contributed by atoms with Gasteiger partial charge in [-0.15, -0.1) is 11.3 Å². The van der Waals surface area contributed by atoms with Crippen molar-refractivity contribution >= 4 is 103 Å². The highest BCUT2D eigenvalue weighted by molar-refractivity contribution is 7.25. The van der Waals surface area contributed by atoms with Crippen molar-refractivity contribution < 1.29 is 0 Å². The third-order valence-electron chi connectivity index (χ3n) is 9.22. The van der Waals surface area contributed by atoms with Crippen LogP contribution in [0.1, 0.15) is 0 Å². The highest BCUT2D eigenvalue weighted by atomic mass is 32.1. The van der Waals surface area contributed by atoms with Crippen LogP contribution in [0, 0.1) is 0 Å². The predicted molar refractivity (Wildman–Crippen MR) is 181 cm³/mol. The fourth-order valence-corrected chi connectivity index (χ4v) is 8.54. The molecule has 0 aliphatic heterocycles. The van der Waals surface area contributed by atoms with E-state index in [1.165, 1.54) is 69.5 Å². The third-order valence-corrected chi connectivity index (χ3v) is 10.4. The second kappa shape index (κ2) is 7.65. The maximum atomic E-state index is 5.16. The molecule has 0 saturated heterocycles. The Bertz CT molecular complexity index is 2960. The highest BCUT2D eigenvalue weighted by Crippen LogP contribution is 2.43. The van der Waals surface area contributed by atoms with Crippen LogP contribution in [0.15, 0.2) is 121 Å². The van der Waals surface area contributed by atoms with E-state index in [1.54, 1.807) is 0 Å². The standard InChI is InChI=1S/C38H20N4S/c1-5-14-31-22(8-1)27-19-33-28(20-32(27)41(31)21-16-17-24-23-9-2-6-15-34(23)43-35(24)18-21)25-10-7-11-26-36-38(42(33)37(25)26)40-30-13-4-3-12-29(30)39-36/h1-20H. The van der Waals surface area contributed by atoms with Gasteiger partial charge in [-0.05, 0) is 48.5 Å². The Morgan fingerprint density at radius 3 is 2.09 bits per heavy atom. The topological polar surface area (TPSA) is 35.1 Å². The summed E-state index contributed by atoms with van der Waals surface area (Å²) in [6.45, 7) is 0. The van der Waals surface area contributed by atoms with Crippen LogP contribution in [0.4, 0.5) is 0 Å². The average Bonchev–Trinajstić information content (AvgIpc) is 3.77. The number of hydrogen-bond acceptors (Lipinski definition) is 3. The number of rotatable bonds is 1. The van der Waals surface area contributed by atoms with Crippen LogP contribution >= 0.6 is 11.3 Å². The largest absolute Gasteiger partial charge is 0.309 e. The van der Waals surface area contributed by atoms with Crippen molar-refractivity contribution in [3.63, 3.8) is 0 Å². The van der Waals surface area contributed by atoms with Crippen LogP contribution in [0.5, 0.6) is 0 Å². The maximum absolute atomic E-state index is 5.16. The van der Waals surface area contributed by atoms with E-state index in [1.807, 2.05) is 35.6 Å². The molecule has 0 fully saturated rings. The Morgan fingerprint density at radius 1 is 0.465 bits per heavy atom. The molecular formula is C38H20N4S. The normalized spacial score (nSPS) is 12.7. The number of fused-ring (bicyclic) bond motifs is 13. The Balaban J connectivity index is 1.29. The van der Waals surface area contributed by atoms with Crippen LogP contribution in [-0.4, -0.2) is 18.9 Å². The molecule has 5 heterocycles. The smallest absolute Gasteiger partial charge is 0.165 e. The van der Waals surface area contributed by atoms with Gasteiger partial charge in [-0.2, -0.15) is 0 Å². The number of hydrogen-bond donors (Lipinski definition) is 0. The molecule has 5 aromatic heterocycles. The summed E-state index contributed by atoms with van der Waals surface area (Å²) in [4.78, 5) is 10.2. The van der Waals surface area contributed by atoms with Gasteiger partial charge in [0.1, 0.15) is 5.52 Å². The molecule has 0 saturated carbocycles. The van der Waals surface area contributed by atoms with Crippen molar-refractivity contribution in [1.82, 2.24) is 18.9 Å². The number of aromatic nitrogens is 4. The molecular weight excluding hydrogens is 545 g/mol. The van der Waals surface area contributed by atoms with Crippen molar-refractivity contribution in [2.24, 2.45) is 0 Å². The van der Waals surface area contributed by atoms with E-state index in [9.17, 15) is 0 Å². The van der Waals surface area contributed by atoms with E-state index in [2.05, 4.69) is 106 Å². The summed E-state index contributed by atoms with van der Waals surface area (Å²) in [5.74, 6) is 0. The molecule has 0 radical (unpaired) electrons. The zero-order valence-electron chi connectivity index (χ0n) is 22.7. The fraction of sp³-hybridized carbons (Fsp3) is 0. The molecule has 0 aliphatic rings. The van der Waals surface area contributed by atoms with Crippen molar-refractivity contribution in [3.8, 4) is 5.69 Å². The first-order valence-electron chi connectivity index (χ1n) is 14.5. The quantitative estimate of drug-likeness (QED) is 0.199. The molecule has 5 heteroatoms. The van der Waals surface area contributed by atoms with Crippen LogP contribution in [0.2, 0.25) is 0 Å². The van der Waals surface area contributed by atoms with Crippen molar-refractivity contribution in [3.05, 3.63) is 121 Å². The minimum atomic E-state index is 0.915. The summed E-state index contributed by atoms with van der Waals surface area (Å²) >= 11 is 1.87. The maximum Gasteiger partial charge on any atom is 0.165 e. The summed E-state index contributed by atoms with van der Waals surface area (Å²) in [5.41, 5.74) is 9.68. The molecule has 0 amide bonds. The molecule has 43 heavy (non-hydrogen) atoms. The van der Waals surface area contributed by atoms with Crippen molar-refractivity contribution in [2.45, 2.75) is 0 Å². The minimum Gasteiger partial charge on any atom is -0.309 e. The predicted octanol–water partition coefficient (Wildman–Crippen LogP) is 10.2. The Kier molecular flexibility index (Phi) is 3.94. The van der Waals surface area contributed by atoms with Gasteiger partial charge in [0.25, 0.3) is 0 Å². The summed E-state index contributed by atoms with van der Waals surface area (Å²) in [6, 6.07) is 43.9. The van der Waals surface area contributed by atoms with Crippen LogP contribution < -0.4 is 0 Å². The van der Waals surface area contributed by atoms with Gasteiger partial charge in [0.15, 0.2) is 5.65 Å². The van der Waals surface area contributed by atoms with Crippen molar-refractivity contribution in [2.75, 3.05) is 0 Å². The van der Waals surface area contributed by atoms with Gasteiger partial charge in [-0.25, -0.2) is 9.97 Å². The first-order valence-corrected chi connectivity index (χ1v) is 15.3. The molecule has 0 bridgehead atoms. The van der Waals surface area contributed by atoms with E-state index >= 15 is 0 Å². The zero-order valence-corrected chi connectivity index (χ0v) is 23.6. The van der Waals surface area contributed by atoms with Gasteiger partial charge < -0.3 is 4.57 Å². The molecule has 0 atom stereocenters. The molecule has 6 aromatic carbocycles. The fourth-order valence-electron chi connectivity index (χ4n) is 7.40. The Hall–Kier alpha value is -5.52. The van der Waals surface area contributed by atoms with Crippen molar-refractivity contribution in [1.29, 1.82) is 0 Å². The second-order valence-corrected chi connectivity index (χ2v) is 12.5. The van der Waals surface area contributed by atoms with E-state index in [0.717, 1.165) is 27.6 Å². The molecule has 11 aromatic rings. The van der Waals surface area contributed by atoms with Gasteiger partial charge in [0, 0.05) is 52.8 Å². The van der Waals surface area contributed by atoms with E-state index in [-0.39, 0.29) is 0 Å². The summed E-state index contributed by atoms with van der Waals surface area (Å²) in [7, 11) is 0. The zero-order chi connectivity index (χ0) is 27.8. The molecule has 0 spiro atoms. The average molecular weight is 565 g/mol. The van der Waals surface area contributed by atoms with Crippen LogP contribution in [0.25, 0.3) is 97.1 Å². The molecule has 0 aliphatic carbocycles. The first-order chi connectivity index (χ1) is 21.3. The highest BCUT2D eigenvalue weighted by Gasteiger charge is 2.22. The van der Waals surface area contributed by atoms with E-state index in [4.69, 9.17) is 9.97 Å². The lowest BCUT2D eigenvalue weighted by atomic mass is 10.1. The number of nitrogens with zero attached hydrogens (tertiary/aromatic N) is 4. The SMILES string of the molecule is c1ccc2nc3c(nc2c1)c1cccc2c4cc5c(cc4n3c21)c1ccccc1n5-c1ccc2c(c1)sc1ccccc12. The lowest BCUT2D eigenvalue weighted by molar-refractivity contribution is 1.19. The Morgan fingerprint density at radius 2 is 1.16 bits per heavy atom. The molecule has 0 N–H and O–H groups in total. The van der Waals surface area contributed by atoms with Gasteiger partial charge in [0.05, 0.1) is 33.1 Å². The molecule has 0 unspecified atom stereocenters. The number of thiophene rings is 1. The monoisotopic (exact) mass is 564 g/mol. The van der Waals surface area contributed by atoms with Crippen LogP contribution in [-0.2, 0) is 0 Å². The summed E-state index contributed by atoms with van der Waals surface area (Å²) < 4.78 is 7.41. The molecule has 198 valence electrons. The molecule has 4 nitrogen and oxygen atoms in total. The van der Waals surface area contributed by atoms with Gasteiger partial charge >= 0.3 is 0 Å². The van der Waals surface area contributed by atoms with E-state index < -0.39 is 0 Å². The van der Waals surface area contributed by atoms with Gasteiger partial charge in [-0.3, -0.25) is 4.40 Å². The third kappa shape index (κ3) is 2.71. The van der Waals surface area contributed by atoms with Crippen LogP contribution in [0.3, 0.4) is 0 Å². The molecule has 11 rings (SSSR count). The second-order valence-electron chi connectivity index (χ2n) is 11.4. The number of para-hydroxylation sites is 4. The lowest BCUT2D eigenvalue weighted by Gasteiger charge is -2.08.